The first-order valence-corrected chi connectivity index (χ1v) is 3.86. The molecule has 1 atom stereocenters. The van der Waals surface area contributed by atoms with Crippen LogP contribution in [0.4, 0.5) is 0 Å². The largest absolute Gasteiger partial charge is 0.385 e. The molecule has 1 unspecified atom stereocenters. The van der Waals surface area contributed by atoms with Crippen LogP contribution in [0.3, 0.4) is 0 Å². The summed E-state index contributed by atoms with van der Waals surface area (Å²) >= 11 is 10.8. The van der Waals surface area contributed by atoms with E-state index < -0.39 is 6.10 Å². The minimum atomic E-state index is -0.763. The lowest BCUT2D eigenvalue weighted by Crippen LogP contribution is -2.01. The minimum absolute atomic E-state index is 0.107. The van der Waals surface area contributed by atoms with Crippen LogP contribution in [0, 0.1) is 0 Å². The van der Waals surface area contributed by atoms with Gasteiger partial charge in [-0.2, -0.15) is 0 Å². The zero-order valence-corrected chi connectivity index (χ0v) is 7.05. The molecule has 0 saturated carbocycles. The molecule has 0 aliphatic heterocycles. The maximum atomic E-state index is 9.14. The molecule has 5 heteroatoms. The van der Waals surface area contributed by atoms with Gasteiger partial charge in [0.25, 0.3) is 0 Å². The summed E-state index contributed by atoms with van der Waals surface area (Å²) in [6.45, 7) is 0. The van der Waals surface area contributed by atoms with E-state index in [1.807, 2.05) is 0 Å². The topological polar surface area (TPSA) is 46.0 Å². The number of aliphatic hydroxyl groups excluding tert-OH is 1. The Morgan fingerprint density at radius 1 is 1.45 bits per heavy atom. The van der Waals surface area contributed by atoms with Crippen LogP contribution in [0.15, 0.2) is 12.4 Å². The average molecular weight is 193 g/mol. The van der Waals surface area contributed by atoms with E-state index in [0.29, 0.717) is 10.8 Å². The van der Waals surface area contributed by atoms with Crippen molar-refractivity contribution in [3.8, 4) is 0 Å². The highest BCUT2D eigenvalue weighted by Crippen LogP contribution is 2.11. The third-order valence-electron chi connectivity index (χ3n) is 1.13. The van der Waals surface area contributed by atoms with Crippen LogP contribution < -0.4 is 0 Å². The Hall–Kier alpha value is -0.380. The molecular weight excluding hydrogens is 187 g/mol. The number of hydrogen-bond donors (Lipinski definition) is 1. The SMILES string of the molecule is OC(CCl)c1cnc(Cl)cn1. The van der Waals surface area contributed by atoms with Crippen LogP contribution in [0.1, 0.15) is 11.8 Å². The summed E-state index contributed by atoms with van der Waals surface area (Å²) < 4.78 is 0. The Morgan fingerprint density at radius 3 is 2.64 bits per heavy atom. The van der Waals surface area contributed by atoms with Crippen molar-refractivity contribution < 1.29 is 5.11 Å². The lowest BCUT2D eigenvalue weighted by Gasteiger charge is -2.03. The van der Waals surface area contributed by atoms with Crippen LogP contribution in [0.25, 0.3) is 0 Å². The van der Waals surface area contributed by atoms with Gasteiger partial charge in [-0.05, 0) is 0 Å². The highest BCUT2D eigenvalue weighted by Gasteiger charge is 2.06. The summed E-state index contributed by atoms with van der Waals surface area (Å²) in [7, 11) is 0. The molecule has 1 N–H and O–H groups in total. The molecule has 1 rings (SSSR count). The molecule has 1 heterocycles. The van der Waals surface area contributed by atoms with Crippen molar-refractivity contribution in [1.29, 1.82) is 0 Å². The van der Waals surface area contributed by atoms with E-state index in [1.54, 1.807) is 0 Å². The lowest BCUT2D eigenvalue weighted by atomic mass is 10.3. The van der Waals surface area contributed by atoms with E-state index in [4.69, 9.17) is 28.3 Å². The van der Waals surface area contributed by atoms with Gasteiger partial charge in [-0.3, -0.25) is 4.98 Å². The van der Waals surface area contributed by atoms with Crippen LogP contribution in [-0.4, -0.2) is 21.0 Å². The van der Waals surface area contributed by atoms with Crippen molar-refractivity contribution >= 4 is 23.2 Å². The van der Waals surface area contributed by atoms with E-state index in [9.17, 15) is 0 Å². The third kappa shape index (κ3) is 2.29. The summed E-state index contributed by atoms with van der Waals surface area (Å²) in [4.78, 5) is 7.55. The number of aromatic nitrogens is 2. The van der Waals surface area contributed by atoms with Crippen LogP contribution in [0.5, 0.6) is 0 Å². The molecule has 11 heavy (non-hydrogen) atoms. The smallest absolute Gasteiger partial charge is 0.147 e. The summed E-state index contributed by atoms with van der Waals surface area (Å²) in [5.74, 6) is 0.107. The number of aliphatic hydroxyl groups is 1. The molecule has 0 fully saturated rings. The molecule has 60 valence electrons. The van der Waals surface area contributed by atoms with Gasteiger partial charge in [0.2, 0.25) is 0 Å². The number of alkyl halides is 1. The molecule has 1 aromatic rings. The molecule has 0 aromatic carbocycles. The van der Waals surface area contributed by atoms with Gasteiger partial charge in [0, 0.05) is 0 Å². The number of halogens is 2. The van der Waals surface area contributed by atoms with Gasteiger partial charge in [-0.1, -0.05) is 11.6 Å². The minimum Gasteiger partial charge on any atom is -0.385 e. The van der Waals surface area contributed by atoms with Gasteiger partial charge in [0.05, 0.1) is 24.0 Å². The van der Waals surface area contributed by atoms with E-state index in [2.05, 4.69) is 9.97 Å². The lowest BCUT2D eigenvalue weighted by molar-refractivity contribution is 0.197. The first-order chi connectivity index (χ1) is 5.24. The summed E-state index contributed by atoms with van der Waals surface area (Å²) in [6.07, 6.45) is 2.00. The molecule has 0 amide bonds. The second-order valence-corrected chi connectivity index (χ2v) is 2.63. The van der Waals surface area contributed by atoms with Gasteiger partial charge in [-0.25, -0.2) is 4.98 Å². The molecule has 0 saturated heterocycles. The molecule has 0 bridgehead atoms. The van der Waals surface area contributed by atoms with Crippen molar-refractivity contribution in [2.75, 3.05) is 5.88 Å². The predicted molar refractivity (Wildman–Crippen MR) is 42.7 cm³/mol. The second kappa shape index (κ2) is 3.85. The van der Waals surface area contributed by atoms with Crippen molar-refractivity contribution in [3.05, 3.63) is 23.2 Å². The standard InChI is InChI=1S/C6H6Cl2N2O/c7-1-5(11)4-2-10-6(8)3-9-4/h2-3,5,11H,1H2. The summed E-state index contributed by atoms with van der Waals surface area (Å²) in [5, 5.41) is 9.44. The molecule has 0 aliphatic carbocycles. The Balaban J connectivity index is 2.81. The molecule has 0 radical (unpaired) electrons. The quantitative estimate of drug-likeness (QED) is 0.722. The molecule has 0 aliphatic rings. The van der Waals surface area contributed by atoms with Crippen molar-refractivity contribution in [2.45, 2.75) is 6.10 Å². The van der Waals surface area contributed by atoms with E-state index in [-0.39, 0.29) is 5.88 Å². The number of hydrogen-bond acceptors (Lipinski definition) is 3. The van der Waals surface area contributed by atoms with Crippen molar-refractivity contribution in [1.82, 2.24) is 9.97 Å². The normalized spacial score (nSPS) is 13.0. The first-order valence-electron chi connectivity index (χ1n) is 2.95. The monoisotopic (exact) mass is 192 g/mol. The first kappa shape index (κ1) is 8.71. The highest BCUT2D eigenvalue weighted by atomic mass is 35.5. The zero-order valence-electron chi connectivity index (χ0n) is 5.54. The Labute approximate surface area is 74.0 Å². The van der Waals surface area contributed by atoms with Crippen LogP contribution in [-0.2, 0) is 0 Å². The predicted octanol–water partition coefficient (Wildman–Crippen LogP) is 1.40. The Morgan fingerprint density at radius 2 is 2.18 bits per heavy atom. The van der Waals surface area contributed by atoms with E-state index >= 15 is 0 Å². The van der Waals surface area contributed by atoms with Crippen LogP contribution in [0.2, 0.25) is 5.15 Å². The second-order valence-electron chi connectivity index (χ2n) is 1.93. The van der Waals surface area contributed by atoms with E-state index in [1.165, 1.54) is 12.4 Å². The summed E-state index contributed by atoms with van der Waals surface area (Å²) in [5.41, 5.74) is 0.435. The zero-order chi connectivity index (χ0) is 8.27. The number of nitrogens with zero attached hydrogens (tertiary/aromatic N) is 2. The molecule has 1 aromatic heterocycles. The maximum absolute atomic E-state index is 9.14. The van der Waals surface area contributed by atoms with Crippen molar-refractivity contribution in [2.24, 2.45) is 0 Å². The van der Waals surface area contributed by atoms with Gasteiger partial charge in [-0.15, -0.1) is 11.6 Å². The summed E-state index contributed by atoms with van der Waals surface area (Å²) in [6, 6.07) is 0. The number of rotatable bonds is 2. The van der Waals surface area contributed by atoms with Gasteiger partial charge in [0.1, 0.15) is 11.3 Å². The molecule has 3 nitrogen and oxygen atoms in total. The van der Waals surface area contributed by atoms with Gasteiger partial charge >= 0.3 is 0 Å². The fourth-order valence-electron chi connectivity index (χ4n) is 0.573. The van der Waals surface area contributed by atoms with Crippen LogP contribution >= 0.6 is 23.2 Å². The average Bonchev–Trinajstić information content (AvgIpc) is 2.05. The Kier molecular flexibility index (Phi) is 3.05. The Bertz CT molecular complexity index is 227. The van der Waals surface area contributed by atoms with E-state index in [0.717, 1.165) is 0 Å². The van der Waals surface area contributed by atoms with Gasteiger partial charge in [0.15, 0.2) is 0 Å². The third-order valence-corrected chi connectivity index (χ3v) is 1.62. The van der Waals surface area contributed by atoms with Crippen molar-refractivity contribution in [3.63, 3.8) is 0 Å². The fraction of sp³-hybridized carbons (Fsp3) is 0.333. The fourth-order valence-corrected chi connectivity index (χ4v) is 0.829. The van der Waals surface area contributed by atoms with Gasteiger partial charge < -0.3 is 5.11 Å². The highest BCUT2D eigenvalue weighted by molar-refractivity contribution is 6.29. The molecular formula is C6H6Cl2N2O. The maximum Gasteiger partial charge on any atom is 0.147 e. The molecule has 0 spiro atoms.